The van der Waals surface area contributed by atoms with Crippen molar-refractivity contribution in [3.8, 4) is 5.75 Å². The third kappa shape index (κ3) is 3.15. The van der Waals surface area contributed by atoms with Crippen LogP contribution in [0.25, 0.3) is 0 Å². The molecule has 1 heterocycles. The molecule has 0 bridgehead atoms. The van der Waals surface area contributed by atoms with Crippen LogP contribution >= 0.6 is 12.4 Å². The van der Waals surface area contributed by atoms with Gasteiger partial charge in [0.1, 0.15) is 5.75 Å². The molecule has 1 saturated heterocycles. The number of benzene rings is 1. The number of nitrogens with one attached hydrogen (secondary N) is 1. The minimum Gasteiger partial charge on any atom is -0.497 e. The summed E-state index contributed by atoms with van der Waals surface area (Å²) in [7, 11) is 1.61. The highest BCUT2D eigenvalue weighted by Crippen LogP contribution is 2.18. The van der Waals surface area contributed by atoms with Crippen LogP contribution in [0.15, 0.2) is 18.2 Å². The number of methoxy groups -OCH3 is 1. The van der Waals surface area contributed by atoms with Gasteiger partial charge < -0.3 is 15.0 Å². The zero-order chi connectivity index (χ0) is 12.3. The number of nitrogens with zero attached hydrogens (tertiary/aromatic N) is 1. The first-order valence-electron chi connectivity index (χ1n) is 5.87. The van der Waals surface area contributed by atoms with Crippen LogP contribution in [-0.2, 0) is 0 Å². The summed E-state index contributed by atoms with van der Waals surface area (Å²) in [6, 6.07) is 5.62. The van der Waals surface area contributed by atoms with E-state index in [9.17, 15) is 4.79 Å². The van der Waals surface area contributed by atoms with E-state index in [2.05, 4.69) is 5.32 Å². The van der Waals surface area contributed by atoms with Crippen molar-refractivity contribution in [1.29, 1.82) is 0 Å². The summed E-state index contributed by atoms with van der Waals surface area (Å²) in [5.74, 6) is 0.831. The van der Waals surface area contributed by atoms with Crippen LogP contribution in [0.2, 0.25) is 0 Å². The number of carbonyl (C=O) groups is 1. The second-order valence-electron chi connectivity index (χ2n) is 4.22. The standard InChI is InChI=1S/C13H18N2O2.ClH/c1-10-3-4-11(17-2)9-12(10)13(16)15-7-5-14-6-8-15;/h3-4,9,14H,5-8H2,1-2H3;1H. The van der Waals surface area contributed by atoms with Gasteiger partial charge in [0.05, 0.1) is 7.11 Å². The third-order valence-electron chi connectivity index (χ3n) is 3.08. The molecule has 5 heteroatoms. The van der Waals surface area contributed by atoms with Gasteiger partial charge in [0, 0.05) is 31.7 Å². The number of rotatable bonds is 2. The van der Waals surface area contributed by atoms with Crippen molar-refractivity contribution < 1.29 is 9.53 Å². The molecule has 0 radical (unpaired) electrons. The molecule has 0 unspecified atom stereocenters. The molecule has 100 valence electrons. The van der Waals surface area contributed by atoms with Gasteiger partial charge in [-0.15, -0.1) is 12.4 Å². The predicted octanol–water partition coefficient (Wildman–Crippen LogP) is 1.47. The van der Waals surface area contributed by atoms with Gasteiger partial charge >= 0.3 is 0 Å². The number of hydrogen-bond donors (Lipinski definition) is 1. The zero-order valence-electron chi connectivity index (χ0n) is 10.7. The monoisotopic (exact) mass is 270 g/mol. The summed E-state index contributed by atoms with van der Waals surface area (Å²) in [6.07, 6.45) is 0. The van der Waals surface area contributed by atoms with Crippen molar-refractivity contribution >= 4 is 18.3 Å². The van der Waals surface area contributed by atoms with Gasteiger partial charge in [-0.25, -0.2) is 0 Å². The number of halogens is 1. The number of carbonyl (C=O) groups excluding carboxylic acids is 1. The average Bonchev–Trinajstić information content (AvgIpc) is 2.39. The highest BCUT2D eigenvalue weighted by Gasteiger charge is 2.19. The third-order valence-corrected chi connectivity index (χ3v) is 3.08. The fourth-order valence-corrected chi connectivity index (χ4v) is 2.00. The Morgan fingerprint density at radius 2 is 2.00 bits per heavy atom. The van der Waals surface area contributed by atoms with E-state index < -0.39 is 0 Å². The molecule has 0 atom stereocenters. The molecule has 1 fully saturated rings. The quantitative estimate of drug-likeness (QED) is 0.885. The Hall–Kier alpha value is -1.26. The summed E-state index contributed by atoms with van der Waals surface area (Å²) in [4.78, 5) is 14.2. The minimum absolute atomic E-state index is 0. The zero-order valence-corrected chi connectivity index (χ0v) is 11.5. The molecule has 1 aromatic rings. The van der Waals surface area contributed by atoms with Gasteiger partial charge in [0.25, 0.3) is 5.91 Å². The highest BCUT2D eigenvalue weighted by atomic mass is 35.5. The maximum Gasteiger partial charge on any atom is 0.254 e. The molecule has 0 saturated carbocycles. The van der Waals surface area contributed by atoms with Crippen molar-refractivity contribution in [2.24, 2.45) is 0 Å². The van der Waals surface area contributed by atoms with Crippen LogP contribution in [0.3, 0.4) is 0 Å². The van der Waals surface area contributed by atoms with Gasteiger partial charge in [-0.3, -0.25) is 4.79 Å². The largest absolute Gasteiger partial charge is 0.497 e. The van der Waals surface area contributed by atoms with E-state index in [4.69, 9.17) is 4.74 Å². The maximum absolute atomic E-state index is 12.3. The van der Waals surface area contributed by atoms with Gasteiger partial charge in [-0.05, 0) is 24.6 Å². The Morgan fingerprint density at radius 3 is 2.61 bits per heavy atom. The Balaban J connectivity index is 0.00000162. The summed E-state index contributed by atoms with van der Waals surface area (Å²) in [5, 5.41) is 3.24. The van der Waals surface area contributed by atoms with Gasteiger partial charge in [-0.1, -0.05) is 6.07 Å². The second-order valence-corrected chi connectivity index (χ2v) is 4.22. The van der Waals surface area contributed by atoms with Crippen molar-refractivity contribution in [2.45, 2.75) is 6.92 Å². The maximum atomic E-state index is 12.3. The fraction of sp³-hybridized carbons (Fsp3) is 0.462. The van der Waals surface area contributed by atoms with Crippen LogP contribution in [0.4, 0.5) is 0 Å². The molecule has 4 nitrogen and oxygen atoms in total. The first-order chi connectivity index (χ1) is 8.22. The van der Waals surface area contributed by atoms with Gasteiger partial charge in [0.15, 0.2) is 0 Å². The number of hydrogen-bond acceptors (Lipinski definition) is 3. The lowest BCUT2D eigenvalue weighted by Gasteiger charge is -2.28. The van der Waals surface area contributed by atoms with Crippen LogP contribution in [0.5, 0.6) is 5.75 Å². The van der Waals surface area contributed by atoms with E-state index in [1.165, 1.54) is 0 Å². The molecule has 0 aliphatic carbocycles. The normalized spacial score (nSPS) is 14.9. The second kappa shape index (κ2) is 6.61. The first kappa shape index (κ1) is 14.8. The molecular weight excluding hydrogens is 252 g/mol. The SMILES string of the molecule is COc1ccc(C)c(C(=O)N2CCNCC2)c1.Cl. The molecule has 1 amide bonds. The number of amides is 1. The Morgan fingerprint density at radius 1 is 1.33 bits per heavy atom. The van der Waals surface area contributed by atoms with E-state index in [1.54, 1.807) is 7.11 Å². The van der Waals surface area contributed by atoms with E-state index in [0.29, 0.717) is 0 Å². The van der Waals surface area contributed by atoms with E-state index >= 15 is 0 Å². The fourth-order valence-electron chi connectivity index (χ4n) is 2.00. The van der Waals surface area contributed by atoms with Crippen LogP contribution in [-0.4, -0.2) is 44.1 Å². The lowest BCUT2D eigenvalue weighted by Crippen LogP contribution is -2.46. The summed E-state index contributed by atoms with van der Waals surface area (Å²) >= 11 is 0. The van der Waals surface area contributed by atoms with Crippen molar-refractivity contribution in [3.05, 3.63) is 29.3 Å². The van der Waals surface area contributed by atoms with E-state index in [1.807, 2.05) is 30.0 Å². The Labute approximate surface area is 114 Å². The number of piperazine rings is 1. The molecule has 1 aromatic carbocycles. The molecule has 1 aliphatic rings. The molecular formula is C13H19ClN2O2. The average molecular weight is 271 g/mol. The van der Waals surface area contributed by atoms with Crippen molar-refractivity contribution in [1.82, 2.24) is 10.2 Å². The minimum atomic E-state index is 0. The van der Waals surface area contributed by atoms with Crippen LogP contribution in [0, 0.1) is 6.92 Å². The van der Waals surface area contributed by atoms with Crippen molar-refractivity contribution in [2.75, 3.05) is 33.3 Å². The summed E-state index contributed by atoms with van der Waals surface area (Å²) in [6.45, 7) is 5.24. The Bertz CT molecular complexity index is 417. The number of aryl methyl sites for hydroxylation is 1. The van der Waals surface area contributed by atoms with Crippen LogP contribution < -0.4 is 10.1 Å². The first-order valence-corrected chi connectivity index (χ1v) is 5.87. The molecule has 2 rings (SSSR count). The van der Waals surface area contributed by atoms with E-state index in [-0.39, 0.29) is 18.3 Å². The highest BCUT2D eigenvalue weighted by molar-refractivity contribution is 5.96. The molecule has 0 aromatic heterocycles. The summed E-state index contributed by atoms with van der Waals surface area (Å²) < 4.78 is 5.16. The van der Waals surface area contributed by atoms with E-state index in [0.717, 1.165) is 43.1 Å². The number of ether oxygens (including phenoxy) is 1. The van der Waals surface area contributed by atoms with Gasteiger partial charge in [-0.2, -0.15) is 0 Å². The lowest BCUT2D eigenvalue weighted by molar-refractivity contribution is 0.0734. The Kier molecular flexibility index (Phi) is 5.44. The molecule has 1 aliphatic heterocycles. The molecule has 0 spiro atoms. The predicted molar refractivity (Wildman–Crippen MR) is 73.8 cm³/mol. The molecule has 1 N–H and O–H groups in total. The summed E-state index contributed by atoms with van der Waals surface area (Å²) in [5.41, 5.74) is 1.74. The topological polar surface area (TPSA) is 41.6 Å². The van der Waals surface area contributed by atoms with Gasteiger partial charge in [0.2, 0.25) is 0 Å². The smallest absolute Gasteiger partial charge is 0.254 e. The molecule has 18 heavy (non-hydrogen) atoms. The van der Waals surface area contributed by atoms with Crippen molar-refractivity contribution in [3.63, 3.8) is 0 Å². The van der Waals surface area contributed by atoms with Crippen LogP contribution in [0.1, 0.15) is 15.9 Å². The lowest BCUT2D eigenvalue weighted by atomic mass is 10.1.